The van der Waals surface area contributed by atoms with Gasteiger partial charge in [0, 0.05) is 18.5 Å². The zero-order chi connectivity index (χ0) is 12.0. The van der Waals surface area contributed by atoms with Crippen LogP contribution in [-0.4, -0.2) is 24.4 Å². The summed E-state index contributed by atoms with van der Waals surface area (Å²) in [6.07, 6.45) is 0.626. The van der Waals surface area contributed by atoms with Crippen molar-refractivity contribution in [2.45, 2.75) is 32.4 Å². The van der Waals surface area contributed by atoms with Gasteiger partial charge in [0.2, 0.25) is 0 Å². The fraction of sp³-hybridized carbons (Fsp3) is 0.538. The minimum atomic E-state index is -0.669. The highest BCUT2D eigenvalue weighted by Gasteiger charge is 2.12. The number of aliphatic hydroxyl groups is 1. The summed E-state index contributed by atoms with van der Waals surface area (Å²) in [6, 6.07) is 7.95. The average Bonchev–Trinajstić information content (AvgIpc) is 2.19. The van der Waals surface area contributed by atoms with Crippen LogP contribution < -0.4 is 10.1 Å². The molecule has 1 rings (SSSR count). The summed E-state index contributed by atoms with van der Waals surface area (Å²) >= 11 is 0. The van der Waals surface area contributed by atoms with Gasteiger partial charge in [-0.1, -0.05) is 18.2 Å². The highest BCUT2D eigenvalue weighted by Crippen LogP contribution is 2.18. The van der Waals surface area contributed by atoms with E-state index in [0.717, 1.165) is 17.9 Å². The maximum Gasteiger partial charge on any atom is 0.123 e. The molecule has 0 unspecified atom stereocenters. The summed E-state index contributed by atoms with van der Waals surface area (Å²) in [5.41, 5.74) is 0.471. The van der Waals surface area contributed by atoms with Crippen LogP contribution in [0.25, 0.3) is 0 Å². The smallest absolute Gasteiger partial charge is 0.123 e. The second-order valence-corrected chi connectivity index (χ2v) is 4.55. The molecule has 0 spiro atoms. The summed E-state index contributed by atoms with van der Waals surface area (Å²) in [5.74, 6) is 0.890. The molecular formula is C13H21NO2. The van der Waals surface area contributed by atoms with Crippen molar-refractivity contribution >= 4 is 0 Å². The van der Waals surface area contributed by atoms with Gasteiger partial charge in [-0.3, -0.25) is 0 Å². The van der Waals surface area contributed by atoms with Gasteiger partial charge in [-0.15, -0.1) is 0 Å². The van der Waals surface area contributed by atoms with Crippen LogP contribution in [0.15, 0.2) is 24.3 Å². The SMILES string of the molecule is CNCc1ccccc1OCCC(C)(C)O. The van der Waals surface area contributed by atoms with E-state index < -0.39 is 5.60 Å². The Morgan fingerprint density at radius 2 is 2.00 bits per heavy atom. The Hall–Kier alpha value is -1.06. The first-order chi connectivity index (χ1) is 7.53. The molecule has 1 aromatic rings. The van der Waals surface area contributed by atoms with Crippen molar-refractivity contribution < 1.29 is 9.84 Å². The van der Waals surface area contributed by atoms with E-state index in [-0.39, 0.29) is 0 Å². The Morgan fingerprint density at radius 1 is 1.31 bits per heavy atom. The number of benzene rings is 1. The molecule has 1 aromatic carbocycles. The van der Waals surface area contributed by atoms with E-state index >= 15 is 0 Å². The first-order valence-electron chi connectivity index (χ1n) is 5.60. The summed E-state index contributed by atoms with van der Waals surface area (Å²) in [6.45, 7) is 4.90. The molecule has 0 aliphatic carbocycles. The van der Waals surface area contributed by atoms with E-state index in [1.165, 1.54) is 0 Å². The van der Waals surface area contributed by atoms with Crippen molar-refractivity contribution in [2.75, 3.05) is 13.7 Å². The van der Waals surface area contributed by atoms with Gasteiger partial charge in [0.1, 0.15) is 5.75 Å². The van der Waals surface area contributed by atoms with Crippen LogP contribution in [0.3, 0.4) is 0 Å². The van der Waals surface area contributed by atoms with Crippen LogP contribution in [0.1, 0.15) is 25.8 Å². The van der Waals surface area contributed by atoms with E-state index in [4.69, 9.17) is 4.74 Å². The van der Waals surface area contributed by atoms with E-state index in [1.54, 1.807) is 13.8 Å². The van der Waals surface area contributed by atoms with Crippen LogP contribution in [0.5, 0.6) is 5.75 Å². The minimum Gasteiger partial charge on any atom is -0.493 e. The summed E-state index contributed by atoms with van der Waals surface area (Å²) in [5, 5.41) is 12.7. The standard InChI is InChI=1S/C13H21NO2/c1-13(2,15)8-9-16-12-7-5-4-6-11(12)10-14-3/h4-7,14-15H,8-10H2,1-3H3. The van der Waals surface area contributed by atoms with Gasteiger partial charge in [-0.2, -0.15) is 0 Å². The Labute approximate surface area is 97.4 Å². The molecule has 0 fully saturated rings. The number of para-hydroxylation sites is 1. The molecule has 0 radical (unpaired) electrons. The fourth-order valence-electron chi connectivity index (χ4n) is 1.39. The first kappa shape index (κ1) is 13.0. The third-order valence-electron chi connectivity index (χ3n) is 2.31. The predicted octanol–water partition coefficient (Wildman–Crippen LogP) is 1.95. The van der Waals surface area contributed by atoms with Gasteiger partial charge in [-0.25, -0.2) is 0 Å². The lowest BCUT2D eigenvalue weighted by Gasteiger charge is -2.18. The molecule has 90 valence electrons. The second kappa shape index (κ2) is 5.87. The zero-order valence-electron chi connectivity index (χ0n) is 10.3. The van der Waals surface area contributed by atoms with Gasteiger partial charge in [-0.05, 0) is 27.0 Å². The van der Waals surface area contributed by atoms with Crippen LogP contribution in [0.2, 0.25) is 0 Å². The lowest BCUT2D eigenvalue weighted by molar-refractivity contribution is 0.0552. The Balaban J connectivity index is 2.52. The normalized spacial score (nSPS) is 11.5. The molecule has 0 bridgehead atoms. The lowest BCUT2D eigenvalue weighted by Crippen LogP contribution is -2.22. The molecule has 3 heteroatoms. The van der Waals surface area contributed by atoms with Crippen molar-refractivity contribution in [1.82, 2.24) is 5.32 Å². The van der Waals surface area contributed by atoms with Gasteiger partial charge >= 0.3 is 0 Å². The summed E-state index contributed by atoms with van der Waals surface area (Å²) in [4.78, 5) is 0. The van der Waals surface area contributed by atoms with E-state index in [2.05, 4.69) is 5.32 Å². The lowest BCUT2D eigenvalue weighted by atomic mass is 10.1. The van der Waals surface area contributed by atoms with Gasteiger partial charge in [0.05, 0.1) is 12.2 Å². The van der Waals surface area contributed by atoms with Crippen molar-refractivity contribution in [3.8, 4) is 5.75 Å². The fourth-order valence-corrected chi connectivity index (χ4v) is 1.39. The Morgan fingerprint density at radius 3 is 2.62 bits per heavy atom. The Kier molecular flexibility index (Phi) is 4.77. The quantitative estimate of drug-likeness (QED) is 0.774. The number of hydrogen-bond donors (Lipinski definition) is 2. The van der Waals surface area contributed by atoms with Crippen molar-refractivity contribution in [3.05, 3.63) is 29.8 Å². The van der Waals surface area contributed by atoms with Crippen LogP contribution in [0.4, 0.5) is 0 Å². The van der Waals surface area contributed by atoms with Crippen molar-refractivity contribution in [2.24, 2.45) is 0 Å². The molecule has 0 aliphatic rings. The molecule has 2 N–H and O–H groups in total. The molecule has 0 amide bonds. The molecule has 0 heterocycles. The molecular weight excluding hydrogens is 202 g/mol. The summed E-state index contributed by atoms with van der Waals surface area (Å²) < 4.78 is 5.67. The first-order valence-corrected chi connectivity index (χ1v) is 5.60. The van der Waals surface area contributed by atoms with E-state index in [1.807, 2.05) is 31.3 Å². The summed E-state index contributed by atoms with van der Waals surface area (Å²) in [7, 11) is 1.91. The third kappa shape index (κ3) is 4.64. The van der Waals surface area contributed by atoms with Gasteiger partial charge in [0.15, 0.2) is 0 Å². The largest absolute Gasteiger partial charge is 0.493 e. The number of hydrogen-bond acceptors (Lipinski definition) is 3. The molecule has 3 nitrogen and oxygen atoms in total. The highest BCUT2D eigenvalue weighted by atomic mass is 16.5. The number of rotatable bonds is 6. The molecule has 0 atom stereocenters. The highest BCUT2D eigenvalue weighted by molar-refractivity contribution is 5.33. The van der Waals surface area contributed by atoms with Crippen molar-refractivity contribution in [3.63, 3.8) is 0 Å². The molecule has 0 aromatic heterocycles. The third-order valence-corrected chi connectivity index (χ3v) is 2.31. The van der Waals surface area contributed by atoms with Crippen LogP contribution in [0, 0.1) is 0 Å². The maximum absolute atomic E-state index is 9.58. The second-order valence-electron chi connectivity index (χ2n) is 4.55. The van der Waals surface area contributed by atoms with E-state index in [9.17, 15) is 5.11 Å². The van der Waals surface area contributed by atoms with Crippen LogP contribution >= 0.6 is 0 Å². The molecule has 16 heavy (non-hydrogen) atoms. The topological polar surface area (TPSA) is 41.5 Å². The van der Waals surface area contributed by atoms with Crippen molar-refractivity contribution in [1.29, 1.82) is 0 Å². The molecule has 0 saturated heterocycles. The minimum absolute atomic E-state index is 0.532. The number of ether oxygens (including phenoxy) is 1. The monoisotopic (exact) mass is 223 g/mol. The average molecular weight is 223 g/mol. The predicted molar refractivity (Wildman–Crippen MR) is 65.6 cm³/mol. The van der Waals surface area contributed by atoms with Gasteiger partial charge < -0.3 is 15.2 Å². The van der Waals surface area contributed by atoms with Gasteiger partial charge in [0.25, 0.3) is 0 Å². The maximum atomic E-state index is 9.58. The molecule has 0 aliphatic heterocycles. The van der Waals surface area contributed by atoms with Crippen LogP contribution in [-0.2, 0) is 6.54 Å². The zero-order valence-corrected chi connectivity index (χ0v) is 10.3. The Bertz CT molecular complexity index is 318. The van der Waals surface area contributed by atoms with E-state index in [0.29, 0.717) is 13.0 Å². The number of nitrogens with one attached hydrogen (secondary N) is 1. The molecule has 0 saturated carbocycles.